The number of anilines is 1. The minimum Gasteiger partial charge on any atom is -0.482 e. The first-order chi connectivity index (χ1) is 16.8. The Hall–Kier alpha value is -4.24. The monoisotopic (exact) mass is 497 g/mol. The van der Waals surface area contributed by atoms with Crippen LogP contribution in [0.25, 0.3) is 6.08 Å². The molecule has 0 spiro atoms. The molecule has 0 aromatic heterocycles. The normalized spacial score (nSPS) is 14.3. The molecule has 0 bridgehead atoms. The summed E-state index contributed by atoms with van der Waals surface area (Å²) in [5.41, 5.74) is 1.60. The molecule has 3 aromatic carbocycles. The van der Waals surface area contributed by atoms with E-state index in [2.05, 4.69) is 10.6 Å². The number of halogens is 3. The maximum atomic E-state index is 13.1. The van der Waals surface area contributed by atoms with E-state index in [1.807, 2.05) is 0 Å². The van der Waals surface area contributed by atoms with E-state index in [0.29, 0.717) is 16.8 Å². The van der Waals surface area contributed by atoms with Crippen LogP contribution in [0.5, 0.6) is 5.75 Å². The molecule has 4 rings (SSSR count). The number of hydrogen-bond acceptors (Lipinski definition) is 4. The van der Waals surface area contributed by atoms with E-state index < -0.39 is 29.5 Å². The minimum atomic E-state index is -0.594. The van der Waals surface area contributed by atoms with E-state index in [4.69, 9.17) is 16.3 Å². The minimum absolute atomic E-state index is 0.00416. The van der Waals surface area contributed by atoms with Crippen molar-refractivity contribution in [2.24, 2.45) is 0 Å². The van der Waals surface area contributed by atoms with Crippen LogP contribution in [0.3, 0.4) is 0 Å². The Bertz CT molecular complexity index is 1310. The summed E-state index contributed by atoms with van der Waals surface area (Å²) < 4.78 is 31.5. The van der Waals surface area contributed by atoms with Crippen molar-refractivity contribution in [1.82, 2.24) is 10.2 Å². The zero-order chi connectivity index (χ0) is 24.9. The highest BCUT2D eigenvalue weighted by Crippen LogP contribution is 2.27. The quantitative estimate of drug-likeness (QED) is 0.365. The molecule has 1 aliphatic rings. The average molecular weight is 498 g/mol. The number of imide groups is 1. The Morgan fingerprint density at radius 3 is 2.31 bits per heavy atom. The van der Waals surface area contributed by atoms with Gasteiger partial charge in [-0.2, -0.15) is 0 Å². The van der Waals surface area contributed by atoms with Gasteiger partial charge < -0.3 is 15.4 Å². The second-order valence-corrected chi connectivity index (χ2v) is 7.95. The van der Waals surface area contributed by atoms with Gasteiger partial charge in [-0.25, -0.2) is 13.6 Å². The van der Waals surface area contributed by atoms with Gasteiger partial charge in [-0.3, -0.25) is 14.5 Å². The van der Waals surface area contributed by atoms with Gasteiger partial charge in [-0.1, -0.05) is 29.8 Å². The van der Waals surface area contributed by atoms with E-state index in [1.165, 1.54) is 66.7 Å². The molecule has 0 saturated carbocycles. The molecule has 0 radical (unpaired) electrons. The number of urea groups is 1. The van der Waals surface area contributed by atoms with Crippen molar-refractivity contribution in [3.05, 3.63) is 100 Å². The van der Waals surface area contributed by atoms with Gasteiger partial charge in [0, 0.05) is 5.69 Å². The summed E-state index contributed by atoms with van der Waals surface area (Å²) in [5, 5.41) is 5.26. The first-order valence-corrected chi connectivity index (χ1v) is 10.7. The third kappa shape index (κ3) is 6.01. The number of ether oxygens (including phenoxy) is 1. The van der Waals surface area contributed by atoms with E-state index in [-0.39, 0.29) is 29.6 Å². The molecule has 178 valence electrons. The molecule has 4 amide bonds. The number of nitrogens with one attached hydrogen (secondary N) is 2. The van der Waals surface area contributed by atoms with E-state index in [9.17, 15) is 23.2 Å². The topological polar surface area (TPSA) is 87.7 Å². The number of nitrogens with zero attached hydrogens (tertiary/aromatic N) is 1. The van der Waals surface area contributed by atoms with Crippen LogP contribution in [0.15, 0.2) is 72.4 Å². The summed E-state index contributed by atoms with van der Waals surface area (Å²) in [6.07, 6.45) is 1.46. The van der Waals surface area contributed by atoms with Crippen LogP contribution in [0.4, 0.5) is 19.3 Å². The van der Waals surface area contributed by atoms with Crippen molar-refractivity contribution in [3.63, 3.8) is 0 Å². The SMILES string of the molecule is O=C(COc1ccc(C=C2NC(=O)N(Cc3ccc(F)cc3)C2=O)cc1Cl)Nc1ccc(F)cc1. The number of hydrogen-bond donors (Lipinski definition) is 2. The summed E-state index contributed by atoms with van der Waals surface area (Å²) in [6, 6.07) is 14.8. The number of carbonyl (C=O) groups excluding carboxylic acids is 3. The predicted octanol–water partition coefficient (Wildman–Crippen LogP) is 4.73. The maximum Gasteiger partial charge on any atom is 0.329 e. The van der Waals surface area contributed by atoms with Crippen molar-refractivity contribution in [3.8, 4) is 5.75 Å². The molecule has 35 heavy (non-hydrogen) atoms. The van der Waals surface area contributed by atoms with E-state index in [1.54, 1.807) is 6.07 Å². The summed E-state index contributed by atoms with van der Waals surface area (Å²) in [7, 11) is 0. The average Bonchev–Trinajstić information content (AvgIpc) is 3.08. The van der Waals surface area contributed by atoms with Crippen molar-refractivity contribution < 1.29 is 27.9 Å². The molecule has 2 N–H and O–H groups in total. The first kappa shape index (κ1) is 23.9. The van der Waals surface area contributed by atoms with Crippen LogP contribution >= 0.6 is 11.6 Å². The summed E-state index contributed by atoms with van der Waals surface area (Å²) >= 11 is 6.25. The molecule has 1 fully saturated rings. The number of rotatable bonds is 7. The van der Waals surface area contributed by atoms with Gasteiger partial charge in [0.25, 0.3) is 11.8 Å². The molecule has 0 aliphatic carbocycles. The molecular weight excluding hydrogens is 480 g/mol. The van der Waals surface area contributed by atoms with Gasteiger partial charge in [0.2, 0.25) is 0 Å². The second-order valence-electron chi connectivity index (χ2n) is 7.54. The number of carbonyl (C=O) groups is 3. The molecule has 10 heteroatoms. The summed E-state index contributed by atoms with van der Waals surface area (Å²) in [6.45, 7) is -0.333. The van der Waals surface area contributed by atoms with E-state index in [0.717, 1.165) is 4.90 Å². The third-order valence-corrected chi connectivity index (χ3v) is 5.27. The van der Waals surface area contributed by atoms with Crippen LogP contribution in [0.1, 0.15) is 11.1 Å². The van der Waals surface area contributed by atoms with Crippen molar-refractivity contribution in [2.75, 3.05) is 11.9 Å². The highest BCUT2D eigenvalue weighted by Gasteiger charge is 2.33. The molecule has 0 atom stereocenters. The number of benzene rings is 3. The van der Waals surface area contributed by atoms with Crippen LogP contribution in [0.2, 0.25) is 5.02 Å². The van der Waals surface area contributed by atoms with Gasteiger partial charge in [0.15, 0.2) is 6.61 Å². The Kier molecular flexibility index (Phi) is 7.07. The smallest absolute Gasteiger partial charge is 0.329 e. The standard InChI is InChI=1S/C25H18ClF2N3O4/c26-20-11-16(3-10-22(20)35-14-23(32)29-19-8-6-18(28)7-9-19)12-21-24(33)31(25(34)30-21)13-15-1-4-17(27)5-2-15/h1-12H,13-14H2,(H,29,32)(H,30,34). The lowest BCUT2D eigenvalue weighted by molar-refractivity contribution is -0.123. The fourth-order valence-corrected chi connectivity index (χ4v) is 3.50. The summed E-state index contributed by atoms with van der Waals surface area (Å²) in [5.74, 6) is -1.58. The van der Waals surface area contributed by atoms with Gasteiger partial charge in [0.05, 0.1) is 11.6 Å². The van der Waals surface area contributed by atoms with Crippen LogP contribution < -0.4 is 15.4 Å². The fourth-order valence-electron chi connectivity index (χ4n) is 3.25. The van der Waals surface area contributed by atoms with Crippen LogP contribution in [0, 0.1) is 11.6 Å². The van der Waals surface area contributed by atoms with Crippen molar-refractivity contribution in [2.45, 2.75) is 6.54 Å². The van der Waals surface area contributed by atoms with Crippen LogP contribution in [-0.4, -0.2) is 29.4 Å². The molecule has 0 unspecified atom stereocenters. The zero-order valence-electron chi connectivity index (χ0n) is 18.1. The Labute approximate surface area is 203 Å². The highest BCUT2D eigenvalue weighted by atomic mass is 35.5. The molecule has 3 aromatic rings. The second kappa shape index (κ2) is 10.4. The van der Waals surface area contributed by atoms with Gasteiger partial charge in [0.1, 0.15) is 23.1 Å². The Morgan fingerprint density at radius 1 is 1.00 bits per heavy atom. The third-order valence-electron chi connectivity index (χ3n) is 4.97. The van der Waals surface area contributed by atoms with Gasteiger partial charge >= 0.3 is 6.03 Å². The van der Waals surface area contributed by atoms with E-state index >= 15 is 0 Å². The Balaban J connectivity index is 1.37. The largest absolute Gasteiger partial charge is 0.482 e. The van der Waals surface area contributed by atoms with Crippen LogP contribution in [-0.2, 0) is 16.1 Å². The van der Waals surface area contributed by atoms with Gasteiger partial charge in [-0.05, 0) is 65.7 Å². The van der Waals surface area contributed by atoms with Crippen molar-refractivity contribution >= 4 is 41.2 Å². The molecule has 1 aliphatic heterocycles. The van der Waals surface area contributed by atoms with Gasteiger partial charge in [-0.15, -0.1) is 0 Å². The molecular formula is C25H18ClF2N3O4. The zero-order valence-corrected chi connectivity index (χ0v) is 18.8. The molecule has 7 nitrogen and oxygen atoms in total. The maximum absolute atomic E-state index is 13.1. The fraction of sp³-hybridized carbons (Fsp3) is 0.0800. The molecule has 1 heterocycles. The highest BCUT2D eigenvalue weighted by molar-refractivity contribution is 6.32. The Morgan fingerprint density at radius 2 is 1.66 bits per heavy atom. The predicted molar refractivity (Wildman–Crippen MR) is 125 cm³/mol. The lowest BCUT2D eigenvalue weighted by Gasteiger charge is -2.11. The van der Waals surface area contributed by atoms with Crippen molar-refractivity contribution in [1.29, 1.82) is 0 Å². The molecule has 1 saturated heterocycles. The lowest BCUT2D eigenvalue weighted by atomic mass is 10.1. The first-order valence-electron chi connectivity index (χ1n) is 10.4. The number of amides is 4. The lowest BCUT2D eigenvalue weighted by Crippen LogP contribution is -2.30. The summed E-state index contributed by atoms with van der Waals surface area (Å²) in [4.78, 5) is 38.0.